The molecular formula is C16H26N2O3S2. The van der Waals surface area contributed by atoms with Gasteiger partial charge in [0.1, 0.15) is 4.21 Å². The molecule has 1 aliphatic carbocycles. The molecule has 2 unspecified atom stereocenters. The Morgan fingerprint density at radius 3 is 2.74 bits per heavy atom. The predicted octanol–water partition coefficient (Wildman–Crippen LogP) is 2.67. The van der Waals surface area contributed by atoms with E-state index in [1.165, 1.54) is 24.7 Å². The molecule has 1 aromatic heterocycles. The minimum atomic E-state index is -3.44. The normalized spacial score (nSPS) is 22.0. The van der Waals surface area contributed by atoms with E-state index in [1.807, 2.05) is 6.07 Å². The minimum Gasteiger partial charge on any atom is -0.356 e. The molecule has 1 aromatic rings. The quantitative estimate of drug-likeness (QED) is 0.787. The van der Waals surface area contributed by atoms with Crippen molar-refractivity contribution in [2.45, 2.75) is 62.6 Å². The summed E-state index contributed by atoms with van der Waals surface area (Å²) in [4.78, 5) is 11.8. The first kappa shape index (κ1) is 18.4. The van der Waals surface area contributed by atoms with Crippen LogP contribution in [0.15, 0.2) is 16.3 Å². The third-order valence-electron chi connectivity index (χ3n) is 4.39. The summed E-state index contributed by atoms with van der Waals surface area (Å²) in [6.45, 7) is 4.13. The Morgan fingerprint density at radius 1 is 1.30 bits per heavy atom. The number of hydrogen-bond donors (Lipinski definition) is 2. The topological polar surface area (TPSA) is 75.3 Å². The van der Waals surface area contributed by atoms with E-state index >= 15 is 0 Å². The Kier molecular flexibility index (Phi) is 6.61. The van der Waals surface area contributed by atoms with Gasteiger partial charge in [0, 0.05) is 24.4 Å². The Morgan fingerprint density at radius 2 is 2.04 bits per heavy atom. The van der Waals surface area contributed by atoms with Crippen LogP contribution in [0.3, 0.4) is 0 Å². The van der Waals surface area contributed by atoms with Gasteiger partial charge in [-0.2, -0.15) is 0 Å². The first-order valence-electron chi connectivity index (χ1n) is 8.28. The van der Waals surface area contributed by atoms with Gasteiger partial charge in [-0.25, -0.2) is 13.1 Å². The lowest BCUT2D eigenvalue weighted by molar-refractivity contribution is -0.118. The fourth-order valence-corrected chi connectivity index (χ4v) is 5.82. The molecule has 0 bridgehead atoms. The highest BCUT2D eigenvalue weighted by molar-refractivity contribution is 7.91. The van der Waals surface area contributed by atoms with Gasteiger partial charge in [-0.3, -0.25) is 4.79 Å². The molecule has 0 radical (unpaired) electrons. The molecule has 1 aliphatic rings. The van der Waals surface area contributed by atoms with Gasteiger partial charge in [0.2, 0.25) is 15.9 Å². The maximum absolute atomic E-state index is 12.6. The van der Waals surface area contributed by atoms with Crippen LogP contribution >= 0.6 is 11.3 Å². The van der Waals surface area contributed by atoms with Crippen molar-refractivity contribution in [3.8, 4) is 0 Å². The van der Waals surface area contributed by atoms with E-state index in [0.29, 0.717) is 23.1 Å². The SMILES string of the molecule is CCC1CCCCC1NS(=O)(=O)c1ccc(CCNC(C)=O)s1. The molecule has 2 N–H and O–H groups in total. The number of thiophene rings is 1. The molecule has 1 fully saturated rings. The number of rotatable bonds is 7. The van der Waals surface area contributed by atoms with E-state index in [-0.39, 0.29) is 11.9 Å². The lowest BCUT2D eigenvalue weighted by Gasteiger charge is -2.31. The largest absolute Gasteiger partial charge is 0.356 e. The molecule has 2 atom stereocenters. The van der Waals surface area contributed by atoms with Gasteiger partial charge < -0.3 is 5.32 Å². The van der Waals surface area contributed by atoms with E-state index in [9.17, 15) is 13.2 Å². The van der Waals surface area contributed by atoms with E-state index in [0.717, 1.165) is 30.6 Å². The zero-order chi connectivity index (χ0) is 16.9. The van der Waals surface area contributed by atoms with Gasteiger partial charge in [0.15, 0.2) is 0 Å². The molecule has 23 heavy (non-hydrogen) atoms. The van der Waals surface area contributed by atoms with Crippen LogP contribution in [0.5, 0.6) is 0 Å². The molecule has 0 spiro atoms. The van der Waals surface area contributed by atoms with Crippen molar-refractivity contribution in [2.75, 3.05) is 6.54 Å². The van der Waals surface area contributed by atoms with E-state index in [2.05, 4.69) is 17.0 Å². The molecule has 130 valence electrons. The summed E-state index contributed by atoms with van der Waals surface area (Å²) in [5.41, 5.74) is 0. The maximum Gasteiger partial charge on any atom is 0.250 e. The standard InChI is InChI=1S/C16H26N2O3S2/c1-3-13-6-4-5-7-15(13)18-23(20,21)16-9-8-14(22-16)10-11-17-12(2)19/h8-9,13,15,18H,3-7,10-11H2,1-2H3,(H,17,19). The van der Waals surface area contributed by atoms with Gasteiger partial charge in [0.05, 0.1) is 0 Å². The summed E-state index contributed by atoms with van der Waals surface area (Å²) in [5, 5.41) is 2.72. The Bertz CT molecular complexity index is 625. The molecular weight excluding hydrogens is 332 g/mol. The lowest BCUT2D eigenvalue weighted by atomic mass is 9.83. The van der Waals surface area contributed by atoms with Gasteiger partial charge in [-0.1, -0.05) is 26.2 Å². The summed E-state index contributed by atoms with van der Waals surface area (Å²) >= 11 is 1.29. The highest BCUT2D eigenvalue weighted by atomic mass is 32.2. The Hall–Kier alpha value is -0.920. The second kappa shape index (κ2) is 8.26. The highest BCUT2D eigenvalue weighted by Crippen LogP contribution is 2.29. The van der Waals surface area contributed by atoms with Crippen LogP contribution in [0.2, 0.25) is 0 Å². The second-order valence-corrected chi connectivity index (χ2v) is 9.24. The minimum absolute atomic E-state index is 0.0590. The number of nitrogens with one attached hydrogen (secondary N) is 2. The van der Waals surface area contributed by atoms with Crippen LogP contribution in [0.4, 0.5) is 0 Å². The monoisotopic (exact) mass is 358 g/mol. The highest BCUT2D eigenvalue weighted by Gasteiger charge is 2.29. The van der Waals surface area contributed by atoms with Crippen molar-refractivity contribution >= 4 is 27.3 Å². The first-order valence-corrected chi connectivity index (χ1v) is 10.6. The van der Waals surface area contributed by atoms with E-state index in [4.69, 9.17) is 0 Å². The molecule has 1 heterocycles. The number of amides is 1. The summed E-state index contributed by atoms with van der Waals surface area (Å²) in [6.07, 6.45) is 5.99. The zero-order valence-electron chi connectivity index (χ0n) is 13.8. The van der Waals surface area contributed by atoms with E-state index < -0.39 is 10.0 Å². The summed E-state index contributed by atoms with van der Waals surface area (Å²) < 4.78 is 28.5. The van der Waals surface area contributed by atoms with Crippen molar-refractivity contribution < 1.29 is 13.2 Å². The van der Waals surface area contributed by atoms with Crippen LogP contribution in [-0.2, 0) is 21.2 Å². The summed E-state index contributed by atoms with van der Waals surface area (Å²) in [5.74, 6) is 0.372. The Labute approximate surface area is 142 Å². The van der Waals surface area contributed by atoms with Gasteiger partial charge >= 0.3 is 0 Å². The van der Waals surface area contributed by atoms with Crippen molar-refractivity contribution in [3.63, 3.8) is 0 Å². The molecule has 0 aliphatic heterocycles. The molecule has 1 amide bonds. The lowest BCUT2D eigenvalue weighted by Crippen LogP contribution is -2.41. The molecule has 0 saturated heterocycles. The molecule has 1 saturated carbocycles. The number of sulfonamides is 1. The van der Waals surface area contributed by atoms with Crippen LogP contribution in [0, 0.1) is 5.92 Å². The molecule has 0 aromatic carbocycles. The van der Waals surface area contributed by atoms with Crippen molar-refractivity contribution in [2.24, 2.45) is 5.92 Å². The van der Waals surface area contributed by atoms with Crippen molar-refractivity contribution in [1.82, 2.24) is 10.0 Å². The third-order valence-corrected chi connectivity index (χ3v) is 7.51. The van der Waals surface area contributed by atoms with Gasteiger partial charge in [-0.15, -0.1) is 11.3 Å². The van der Waals surface area contributed by atoms with Gasteiger partial charge in [-0.05, 0) is 37.3 Å². The maximum atomic E-state index is 12.6. The van der Waals surface area contributed by atoms with Gasteiger partial charge in [0.25, 0.3) is 0 Å². The fourth-order valence-electron chi connectivity index (χ4n) is 3.11. The molecule has 2 rings (SSSR count). The van der Waals surface area contributed by atoms with Crippen molar-refractivity contribution in [3.05, 3.63) is 17.0 Å². The first-order chi connectivity index (χ1) is 10.9. The van der Waals surface area contributed by atoms with Crippen LogP contribution < -0.4 is 10.0 Å². The average molecular weight is 359 g/mol. The van der Waals surface area contributed by atoms with Crippen LogP contribution in [0.25, 0.3) is 0 Å². The van der Waals surface area contributed by atoms with Crippen LogP contribution in [-0.4, -0.2) is 26.9 Å². The second-order valence-electron chi connectivity index (χ2n) is 6.13. The predicted molar refractivity (Wildman–Crippen MR) is 93.1 cm³/mol. The smallest absolute Gasteiger partial charge is 0.250 e. The third kappa shape index (κ3) is 5.29. The number of carbonyl (C=O) groups is 1. The zero-order valence-corrected chi connectivity index (χ0v) is 15.4. The van der Waals surface area contributed by atoms with Crippen LogP contribution in [0.1, 0.15) is 50.8 Å². The summed E-state index contributed by atoms with van der Waals surface area (Å²) in [7, 11) is -3.44. The molecule has 7 heteroatoms. The molecule has 5 nitrogen and oxygen atoms in total. The number of hydrogen-bond acceptors (Lipinski definition) is 4. The van der Waals surface area contributed by atoms with E-state index in [1.54, 1.807) is 6.07 Å². The summed E-state index contributed by atoms with van der Waals surface area (Å²) in [6, 6.07) is 3.56. The average Bonchev–Trinajstić information content (AvgIpc) is 2.97. The van der Waals surface area contributed by atoms with Crippen molar-refractivity contribution in [1.29, 1.82) is 0 Å². The number of carbonyl (C=O) groups excluding carboxylic acids is 1. The Balaban J connectivity index is 1.99. The fraction of sp³-hybridized carbons (Fsp3) is 0.688.